The zero-order valence-electron chi connectivity index (χ0n) is 19.2. The average Bonchev–Trinajstić information content (AvgIpc) is 3.36. The van der Waals surface area contributed by atoms with Crippen molar-refractivity contribution in [1.82, 2.24) is 4.90 Å². The maximum absolute atomic E-state index is 12.6. The number of hydrogen-bond donors (Lipinski definition) is 2. The van der Waals surface area contributed by atoms with Crippen LogP contribution in [0.15, 0.2) is 48.5 Å². The maximum atomic E-state index is 12.6. The fourth-order valence-electron chi connectivity index (χ4n) is 4.11. The van der Waals surface area contributed by atoms with E-state index in [4.69, 9.17) is 9.47 Å². The van der Waals surface area contributed by atoms with Crippen LogP contribution < -0.4 is 15.4 Å². The predicted molar refractivity (Wildman–Crippen MR) is 129 cm³/mol. The Morgan fingerprint density at radius 3 is 2.36 bits per heavy atom. The largest absolute Gasteiger partial charge is 0.491 e. The highest BCUT2D eigenvalue weighted by Gasteiger charge is 2.21. The SMILES string of the molecule is CC1CCN(C(=O)c2ccc(NC(=O)CNc3ccc(OCC4CCCO4)cc3)cc2)CC1. The standard InChI is InChI=1S/C26H33N3O4/c1-19-12-14-29(15-13-19)26(31)20-4-6-22(7-5-20)28-25(30)17-27-21-8-10-23(11-9-21)33-18-24-3-2-16-32-24/h4-11,19,24,27H,2-3,12-18H2,1H3,(H,28,30). The van der Waals surface area contributed by atoms with Crippen molar-refractivity contribution in [3.05, 3.63) is 54.1 Å². The molecule has 0 radical (unpaired) electrons. The van der Waals surface area contributed by atoms with Gasteiger partial charge >= 0.3 is 0 Å². The van der Waals surface area contributed by atoms with Crippen LogP contribution in [-0.2, 0) is 9.53 Å². The number of anilines is 2. The van der Waals surface area contributed by atoms with Crippen LogP contribution in [0.1, 0.15) is 43.0 Å². The summed E-state index contributed by atoms with van der Waals surface area (Å²) >= 11 is 0. The highest BCUT2D eigenvalue weighted by molar-refractivity contribution is 5.96. The highest BCUT2D eigenvalue weighted by atomic mass is 16.5. The first-order valence-electron chi connectivity index (χ1n) is 11.8. The molecular weight excluding hydrogens is 418 g/mol. The second-order valence-corrected chi connectivity index (χ2v) is 8.92. The Morgan fingerprint density at radius 2 is 1.70 bits per heavy atom. The van der Waals surface area contributed by atoms with Crippen molar-refractivity contribution in [3.8, 4) is 5.75 Å². The first kappa shape index (κ1) is 23.1. The summed E-state index contributed by atoms with van der Waals surface area (Å²) in [5.74, 6) is 1.37. The average molecular weight is 452 g/mol. The van der Waals surface area contributed by atoms with Crippen molar-refractivity contribution < 1.29 is 19.1 Å². The molecule has 176 valence electrons. The molecule has 2 fully saturated rings. The number of hydrogen-bond acceptors (Lipinski definition) is 5. The molecule has 4 rings (SSSR count). The van der Waals surface area contributed by atoms with Gasteiger partial charge in [0.1, 0.15) is 12.4 Å². The molecule has 0 aromatic heterocycles. The van der Waals surface area contributed by atoms with E-state index in [1.807, 2.05) is 29.2 Å². The summed E-state index contributed by atoms with van der Waals surface area (Å²) < 4.78 is 11.3. The molecule has 2 saturated heterocycles. The van der Waals surface area contributed by atoms with E-state index in [0.29, 0.717) is 23.8 Å². The van der Waals surface area contributed by atoms with Gasteiger partial charge in [-0.3, -0.25) is 9.59 Å². The first-order chi connectivity index (χ1) is 16.1. The third-order valence-electron chi connectivity index (χ3n) is 6.25. The minimum atomic E-state index is -0.155. The van der Waals surface area contributed by atoms with E-state index in [1.54, 1.807) is 24.3 Å². The number of nitrogens with zero attached hydrogens (tertiary/aromatic N) is 1. The summed E-state index contributed by atoms with van der Waals surface area (Å²) in [6.07, 6.45) is 4.44. The fourth-order valence-corrected chi connectivity index (χ4v) is 4.11. The summed E-state index contributed by atoms with van der Waals surface area (Å²) in [4.78, 5) is 26.9. The fraction of sp³-hybridized carbons (Fsp3) is 0.462. The minimum Gasteiger partial charge on any atom is -0.491 e. The number of ether oxygens (including phenoxy) is 2. The molecule has 0 bridgehead atoms. The van der Waals surface area contributed by atoms with E-state index in [2.05, 4.69) is 17.6 Å². The first-order valence-corrected chi connectivity index (χ1v) is 11.8. The number of benzene rings is 2. The number of nitrogens with one attached hydrogen (secondary N) is 2. The molecule has 2 aliphatic heterocycles. The molecular formula is C26H33N3O4. The zero-order valence-corrected chi connectivity index (χ0v) is 19.2. The summed E-state index contributed by atoms with van der Waals surface area (Å²) in [7, 11) is 0. The summed E-state index contributed by atoms with van der Waals surface area (Å²) in [6, 6.07) is 14.6. The molecule has 0 saturated carbocycles. The van der Waals surface area contributed by atoms with Crippen LogP contribution in [0.4, 0.5) is 11.4 Å². The van der Waals surface area contributed by atoms with Gasteiger partial charge in [-0.25, -0.2) is 0 Å². The third-order valence-corrected chi connectivity index (χ3v) is 6.25. The van der Waals surface area contributed by atoms with Crippen molar-refractivity contribution in [2.75, 3.05) is 43.5 Å². The van der Waals surface area contributed by atoms with E-state index in [9.17, 15) is 9.59 Å². The molecule has 33 heavy (non-hydrogen) atoms. The monoisotopic (exact) mass is 451 g/mol. The molecule has 0 aliphatic carbocycles. The Hall–Kier alpha value is -3.06. The van der Waals surface area contributed by atoms with Gasteiger partial charge in [0.25, 0.3) is 5.91 Å². The normalized spacial score (nSPS) is 18.7. The van der Waals surface area contributed by atoms with Crippen LogP contribution in [0, 0.1) is 5.92 Å². The molecule has 2 aromatic rings. The molecule has 0 spiro atoms. The van der Waals surface area contributed by atoms with Crippen LogP contribution in [0.5, 0.6) is 5.75 Å². The lowest BCUT2D eigenvalue weighted by atomic mass is 9.98. The van der Waals surface area contributed by atoms with Gasteiger partial charge in [-0.1, -0.05) is 6.92 Å². The van der Waals surface area contributed by atoms with Crippen LogP contribution >= 0.6 is 0 Å². The molecule has 2 aliphatic rings. The number of likely N-dealkylation sites (tertiary alicyclic amines) is 1. The zero-order chi connectivity index (χ0) is 23.0. The van der Waals surface area contributed by atoms with Gasteiger partial charge in [0.15, 0.2) is 0 Å². The molecule has 2 amide bonds. The van der Waals surface area contributed by atoms with E-state index < -0.39 is 0 Å². The van der Waals surface area contributed by atoms with Gasteiger partial charge in [0.05, 0.1) is 12.6 Å². The number of piperidine rings is 1. The number of rotatable bonds is 8. The van der Waals surface area contributed by atoms with Crippen molar-refractivity contribution in [3.63, 3.8) is 0 Å². The van der Waals surface area contributed by atoms with Crippen molar-refractivity contribution in [2.24, 2.45) is 5.92 Å². The second-order valence-electron chi connectivity index (χ2n) is 8.92. The Kier molecular flexibility index (Phi) is 7.83. The lowest BCUT2D eigenvalue weighted by Gasteiger charge is -2.30. The van der Waals surface area contributed by atoms with E-state index in [1.165, 1.54) is 0 Å². The number of carbonyl (C=O) groups excluding carboxylic acids is 2. The van der Waals surface area contributed by atoms with Crippen LogP contribution in [-0.4, -0.2) is 55.7 Å². The lowest BCUT2D eigenvalue weighted by Crippen LogP contribution is -2.37. The molecule has 2 N–H and O–H groups in total. The summed E-state index contributed by atoms with van der Waals surface area (Å²) in [6.45, 7) is 5.38. The van der Waals surface area contributed by atoms with Crippen molar-refractivity contribution in [1.29, 1.82) is 0 Å². The molecule has 1 unspecified atom stereocenters. The van der Waals surface area contributed by atoms with Crippen molar-refractivity contribution >= 4 is 23.2 Å². The van der Waals surface area contributed by atoms with E-state index >= 15 is 0 Å². The summed E-state index contributed by atoms with van der Waals surface area (Å²) in [5.41, 5.74) is 2.16. The smallest absolute Gasteiger partial charge is 0.253 e. The van der Waals surface area contributed by atoms with Crippen LogP contribution in [0.25, 0.3) is 0 Å². The van der Waals surface area contributed by atoms with Gasteiger partial charge < -0.3 is 25.0 Å². The van der Waals surface area contributed by atoms with Gasteiger partial charge in [-0.05, 0) is 80.1 Å². The van der Waals surface area contributed by atoms with E-state index in [-0.39, 0.29) is 24.5 Å². The Balaban J connectivity index is 1.19. The van der Waals surface area contributed by atoms with E-state index in [0.717, 1.165) is 56.8 Å². The van der Waals surface area contributed by atoms with Gasteiger partial charge in [0.2, 0.25) is 5.91 Å². The van der Waals surface area contributed by atoms with Gasteiger partial charge in [-0.15, -0.1) is 0 Å². The number of amides is 2. The Labute approximate surface area is 195 Å². The Bertz CT molecular complexity index is 916. The van der Waals surface area contributed by atoms with Gasteiger partial charge in [-0.2, -0.15) is 0 Å². The molecule has 1 atom stereocenters. The molecule has 2 heterocycles. The molecule has 2 aromatic carbocycles. The maximum Gasteiger partial charge on any atom is 0.253 e. The summed E-state index contributed by atoms with van der Waals surface area (Å²) in [5, 5.41) is 5.97. The minimum absolute atomic E-state index is 0.0598. The second kappa shape index (κ2) is 11.2. The Morgan fingerprint density at radius 1 is 1.00 bits per heavy atom. The lowest BCUT2D eigenvalue weighted by molar-refractivity contribution is -0.114. The topological polar surface area (TPSA) is 79.9 Å². The van der Waals surface area contributed by atoms with Crippen LogP contribution in [0.3, 0.4) is 0 Å². The van der Waals surface area contributed by atoms with Crippen LogP contribution in [0.2, 0.25) is 0 Å². The third kappa shape index (κ3) is 6.71. The van der Waals surface area contributed by atoms with Gasteiger partial charge in [0, 0.05) is 36.6 Å². The molecule has 7 heteroatoms. The highest BCUT2D eigenvalue weighted by Crippen LogP contribution is 2.20. The number of carbonyl (C=O) groups is 2. The predicted octanol–water partition coefficient (Wildman–Crippen LogP) is 4.17. The quantitative estimate of drug-likeness (QED) is 0.630. The molecule has 7 nitrogen and oxygen atoms in total. The van der Waals surface area contributed by atoms with Crippen molar-refractivity contribution in [2.45, 2.75) is 38.7 Å².